The van der Waals surface area contributed by atoms with Crippen molar-refractivity contribution in [1.29, 1.82) is 0 Å². The fourth-order valence-electron chi connectivity index (χ4n) is 2.22. The van der Waals surface area contributed by atoms with E-state index in [0.717, 1.165) is 25.8 Å². The summed E-state index contributed by atoms with van der Waals surface area (Å²) >= 11 is 0. The fourth-order valence-corrected chi connectivity index (χ4v) is 2.22. The summed E-state index contributed by atoms with van der Waals surface area (Å²) in [5, 5.41) is 0. The molecule has 1 unspecified atom stereocenters. The van der Waals surface area contributed by atoms with Gasteiger partial charge in [0, 0.05) is 19.8 Å². The van der Waals surface area contributed by atoms with Crippen LogP contribution in [-0.2, 0) is 9.47 Å². The molecular weight excluding hydrogens is 192 g/mol. The molecule has 2 N–H and O–H groups in total. The summed E-state index contributed by atoms with van der Waals surface area (Å²) in [4.78, 5) is 2.11. The zero-order valence-corrected chi connectivity index (χ0v) is 10.2. The molecule has 0 aliphatic carbocycles. The number of rotatable bonds is 4. The van der Waals surface area contributed by atoms with Crippen LogP contribution in [0.1, 0.15) is 33.1 Å². The van der Waals surface area contributed by atoms with E-state index in [1.807, 2.05) is 20.9 Å². The van der Waals surface area contributed by atoms with Gasteiger partial charge in [0.2, 0.25) is 5.91 Å². The molecule has 0 spiro atoms. The maximum atomic E-state index is 6.18. The fraction of sp³-hybridized carbons (Fsp3) is 1.00. The van der Waals surface area contributed by atoms with Crippen LogP contribution in [0.15, 0.2) is 0 Å². The average molecular weight is 216 g/mol. The monoisotopic (exact) mass is 216 g/mol. The molecule has 0 radical (unpaired) electrons. The first kappa shape index (κ1) is 12.9. The van der Waals surface area contributed by atoms with Gasteiger partial charge >= 0.3 is 0 Å². The van der Waals surface area contributed by atoms with Gasteiger partial charge in [0.1, 0.15) is 0 Å². The third kappa shape index (κ3) is 2.69. The minimum Gasteiger partial charge on any atom is -0.336 e. The van der Waals surface area contributed by atoms with E-state index < -0.39 is 5.91 Å². The van der Waals surface area contributed by atoms with Crippen molar-refractivity contribution in [1.82, 2.24) is 4.90 Å². The van der Waals surface area contributed by atoms with Crippen molar-refractivity contribution >= 4 is 0 Å². The molecule has 0 saturated carbocycles. The third-order valence-electron chi connectivity index (χ3n) is 2.96. The Bertz CT molecular complexity index is 167. The van der Waals surface area contributed by atoms with Crippen molar-refractivity contribution in [2.75, 3.05) is 26.8 Å². The zero-order chi connectivity index (χ0) is 11.3. The van der Waals surface area contributed by atoms with Crippen molar-refractivity contribution in [3.05, 3.63) is 0 Å². The van der Waals surface area contributed by atoms with Crippen LogP contribution in [0.4, 0.5) is 0 Å². The number of hydrogen-bond donors (Lipinski definition) is 1. The van der Waals surface area contributed by atoms with E-state index in [1.165, 1.54) is 0 Å². The first-order valence-corrected chi connectivity index (χ1v) is 5.92. The van der Waals surface area contributed by atoms with E-state index in [0.29, 0.717) is 13.2 Å². The molecule has 1 fully saturated rings. The van der Waals surface area contributed by atoms with E-state index in [9.17, 15) is 0 Å². The van der Waals surface area contributed by atoms with Gasteiger partial charge in [-0.25, -0.2) is 0 Å². The molecule has 1 saturated heterocycles. The number of ether oxygens (including phenoxy) is 2. The van der Waals surface area contributed by atoms with Crippen molar-refractivity contribution in [2.24, 2.45) is 5.73 Å². The van der Waals surface area contributed by atoms with E-state index in [1.54, 1.807) is 0 Å². The first-order chi connectivity index (χ1) is 7.17. The largest absolute Gasteiger partial charge is 0.336 e. The number of nitrogens with two attached hydrogens (primary N) is 1. The Kier molecular flexibility index (Phi) is 4.99. The smallest absolute Gasteiger partial charge is 0.245 e. The van der Waals surface area contributed by atoms with Gasteiger partial charge in [0.25, 0.3) is 0 Å². The summed E-state index contributed by atoms with van der Waals surface area (Å²) in [5.41, 5.74) is 6.18. The van der Waals surface area contributed by atoms with E-state index >= 15 is 0 Å². The van der Waals surface area contributed by atoms with Crippen LogP contribution in [0, 0.1) is 0 Å². The lowest BCUT2D eigenvalue weighted by atomic mass is 10.1. The van der Waals surface area contributed by atoms with Crippen LogP contribution in [0.2, 0.25) is 0 Å². The van der Waals surface area contributed by atoms with Gasteiger partial charge < -0.3 is 15.2 Å². The Hall–Kier alpha value is -0.160. The standard InChI is InChI=1S/C11H24N2O2/c1-4-14-11(15-5-2)10(12)8-6-7-9-13(11)3/h10H,4-9,12H2,1-3H3. The highest BCUT2D eigenvalue weighted by molar-refractivity contribution is 4.85. The predicted molar refractivity (Wildman–Crippen MR) is 60.4 cm³/mol. The molecule has 0 aromatic carbocycles. The van der Waals surface area contributed by atoms with Gasteiger partial charge in [-0.3, -0.25) is 4.90 Å². The second-order valence-electron chi connectivity index (χ2n) is 4.02. The summed E-state index contributed by atoms with van der Waals surface area (Å²) in [7, 11) is 2.02. The van der Waals surface area contributed by atoms with E-state index in [-0.39, 0.29) is 6.04 Å². The lowest BCUT2D eigenvalue weighted by Crippen LogP contribution is -2.61. The molecule has 90 valence electrons. The molecule has 1 aliphatic rings. The second-order valence-corrected chi connectivity index (χ2v) is 4.02. The molecule has 1 atom stereocenters. The maximum absolute atomic E-state index is 6.18. The van der Waals surface area contributed by atoms with Gasteiger partial charge in [-0.05, 0) is 33.7 Å². The molecule has 4 nitrogen and oxygen atoms in total. The van der Waals surface area contributed by atoms with E-state index in [4.69, 9.17) is 15.2 Å². The van der Waals surface area contributed by atoms with Gasteiger partial charge in [0.15, 0.2) is 0 Å². The van der Waals surface area contributed by atoms with Crippen molar-refractivity contribution in [2.45, 2.75) is 45.1 Å². The van der Waals surface area contributed by atoms with Crippen LogP contribution in [0.5, 0.6) is 0 Å². The minimum atomic E-state index is -0.708. The van der Waals surface area contributed by atoms with Crippen molar-refractivity contribution in [3.63, 3.8) is 0 Å². The summed E-state index contributed by atoms with van der Waals surface area (Å²) in [6, 6.07) is -0.0649. The summed E-state index contributed by atoms with van der Waals surface area (Å²) in [6.45, 7) is 6.18. The van der Waals surface area contributed by atoms with Crippen molar-refractivity contribution in [3.8, 4) is 0 Å². The molecule has 0 aromatic rings. The number of nitrogens with zero attached hydrogens (tertiary/aromatic N) is 1. The minimum absolute atomic E-state index is 0.0649. The Morgan fingerprint density at radius 2 is 1.87 bits per heavy atom. The highest BCUT2D eigenvalue weighted by Gasteiger charge is 2.43. The molecule has 0 amide bonds. The molecule has 15 heavy (non-hydrogen) atoms. The number of likely N-dealkylation sites (N-methyl/N-ethyl adjacent to an activating group) is 1. The van der Waals surface area contributed by atoms with E-state index in [2.05, 4.69) is 4.90 Å². The Balaban J connectivity index is 2.84. The summed E-state index contributed by atoms with van der Waals surface area (Å²) in [6.07, 6.45) is 3.27. The summed E-state index contributed by atoms with van der Waals surface area (Å²) in [5.74, 6) is -0.708. The Labute approximate surface area is 92.7 Å². The van der Waals surface area contributed by atoms with Crippen LogP contribution < -0.4 is 5.73 Å². The lowest BCUT2D eigenvalue weighted by molar-refractivity contribution is -0.317. The molecule has 0 bridgehead atoms. The Morgan fingerprint density at radius 3 is 2.40 bits per heavy atom. The van der Waals surface area contributed by atoms with Crippen LogP contribution >= 0.6 is 0 Å². The first-order valence-electron chi connectivity index (χ1n) is 5.92. The van der Waals surface area contributed by atoms with Crippen LogP contribution in [-0.4, -0.2) is 43.7 Å². The van der Waals surface area contributed by atoms with Crippen LogP contribution in [0.3, 0.4) is 0 Å². The normalized spacial score (nSPS) is 27.6. The Morgan fingerprint density at radius 1 is 1.27 bits per heavy atom. The third-order valence-corrected chi connectivity index (χ3v) is 2.96. The van der Waals surface area contributed by atoms with Crippen LogP contribution in [0.25, 0.3) is 0 Å². The van der Waals surface area contributed by atoms with Gasteiger partial charge in [-0.15, -0.1) is 0 Å². The molecule has 0 aromatic heterocycles. The lowest BCUT2D eigenvalue weighted by Gasteiger charge is -2.42. The van der Waals surface area contributed by atoms with Gasteiger partial charge in [0.05, 0.1) is 6.04 Å². The SMILES string of the molecule is CCOC1(OCC)C(N)CCCCN1C. The van der Waals surface area contributed by atoms with Gasteiger partial charge in [-0.2, -0.15) is 0 Å². The predicted octanol–water partition coefficient (Wildman–Crippen LogP) is 1.16. The second kappa shape index (κ2) is 5.80. The highest BCUT2D eigenvalue weighted by Crippen LogP contribution is 2.27. The summed E-state index contributed by atoms with van der Waals surface area (Å²) < 4.78 is 11.6. The maximum Gasteiger partial charge on any atom is 0.245 e. The molecule has 1 aliphatic heterocycles. The quantitative estimate of drug-likeness (QED) is 0.716. The van der Waals surface area contributed by atoms with Gasteiger partial charge in [-0.1, -0.05) is 6.42 Å². The zero-order valence-electron chi connectivity index (χ0n) is 10.2. The average Bonchev–Trinajstić information content (AvgIpc) is 2.33. The van der Waals surface area contributed by atoms with Crippen molar-refractivity contribution < 1.29 is 9.47 Å². The highest BCUT2D eigenvalue weighted by atomic mass is 16.7. The molecule has 4 heteroatoms. The number of hydrogen-bond acceptors (Lipinski definition) is 4. The number of likely N-dealkylation sites (tertiary alicyclic amines) is 1. The topological polar surface area (TPSA) is 47.7 Å². The molecule has 1 heterocycles. The molecular formula is C11H24N2O2. The molecule has 1 rings (SSSR count).